The van der Waals surface area contributed by atoms with Gasteiger partial charge >= 0.3 is 12.1 Å². The van der Waals surface area contributed by atoms with Gasteiger partial charge in [-0.3, -0.25) is 9.59 Å². The Hall–Kier alpha value is -4.15. The highest BCUT2D eigenvalue weighted by atomic mass is 19.4. The van der Waals surface area contributed by atoms with Crippen molar-refractivity contribution < 1.29 is 32.3 Å². The van der Waals surface area contributed by atoms with Crippen molar-refractivity contribution in [2.45, 2.75) is 33.4 Å². The Balaban J connectivity index is 1.85. The lowest BCUT2D eigenvalue weighted by atomic mass is 10.1. The van der Waals surface area contributed by atoms with Crippen molar-refractivity contribution in [3.05, 3.63) is 71.0 Å². The number of nitrogens with one attached hydrogen (secondary N) is 2. The van der Waals surface area contributed by atoms with E-state index in [2.05, 4.69) is 15.7 Å². The second-order valence-electron chi connectivity index (χ2n) is 7.47. The maximum Gasteiger partial charge on any atom is 0.434 e. The van der Waals surface area contributed by atoms with Crippen LogP contribution in [0.4, 0.5) is 24.5 Å². The van der Waals surface area contributed by atoms with Gasteiger partial charge in [0, 0.05) is 23.4 Å². The molecule has 11 heteroatoms. The third-order valence-electron chi connectivity index (χ3n) is 5.00. The van der Waals surface area contributed by atoms with Crippen LogP contribution in [0, 0.1) is 6.92 Å². The molecular formula is C24H23F3N4O4. The van der Waals surface area contributed by atoms with Gasteiger partial charge < -0.3 is 15.4 Å². The number of nitrogens with zero attached hydrogens (tertiary/aromatic N) is 2. The average molecular weight is 488 g/mol. The molecule has 3 rings (SSSR count). The first-order chi connectivity index (χ1) is 16.5. The van der Waals surface area contributed by atoms with Crippen molar-refractivity contribution in [2.24, 2.45) is 0 Å². The minimum Gasteiger partial charge on any atom is -0.462 e. The molecule has 1 heterocycles. The first kappa shape index (κ1) is 25.5. The summed E-state index contributed by atoms with van der Waals surface area (Å²) in [5, 5.41) is 9.15. The second kappa shape index (κ2) is 10.4. The summed E-state index contributed by atoms with van der Waals surface area (Å²) >= 11 is 0. The maximum absolute atomic E-state index is 13.7. The second-order valence-corrected chi connectivity index (χ2v) is 7.47. The summed E-state index contributed by atoms with van der Waals surface area (Å²) in [6.45, 7) is 4.90. The van der Waals surface area contributed by atoms with Crippen LogP contribution in [-0.4, -0.2) is 34.2 Å². The summed E-state index contributed by atoms with van der Waals surface area (Å²) in [4.78, 5) is 36.3. The number of hydrogen-bond acceptors (Lipinski definition) is 5. The van der Waals surface area contributed by atoms with Gasteiger partial charge in [-0.2, -0.15) is 18.3 Å². The number of rotatable bonds is 7. The summed E-state index contributed by atoms with van der Waals surface area (Å²) in [5.74, 6) is -1.80. The highest BCUT2D eigenvalue weighted by Gasteiger charge is 2.41. The topological polar surface area (TPSA) is 102 Å². The van der Waals surface area contributed by atoms with Crippen molar-refractivity contribution >= 4 is 29.2 Å². The number of esters is 1. The predicted molar refractivity (Wildman–Crippen MR) is 123 cm³/mol. The summed E-state index contributed by atoms with van der Waals surface area (Å²) in [5.41, 5.74) is -0.0431. The van der Waals surface area contributed by atoms with Crippen LogP contribution >= 0.6 is 0 Å². The monoisotopic (exact) mass is 488 g/mol. The number of aromatic nitrogens is 2. The molecule has 1 aromatic heterocycles. The number of alkyl halides is 3. The molecule has 3 aromatic rings. The molecule has 2 aromatic carbocycles. The molecule has 0 aliphatic carbocycles. The average Bonchev–Trinajstić information content (AvgIpc) is 3.27. The molecule has 0 fully saturated rings. The molecule has 0 spiro atoms. The van der Waals surface area contributed by atoms with Crippen LogP contribution in [-0.2, 0) is 15.7 Å². The van der Waals surface area contributed by atoms with E-state index in [1.165, 1.54) is 31.2 Å². The number of carbonyl (C=O) groups is 3. The van der Waals surface area contributed by atoms with Crippen molar-refractivity contribution in [3.8, 4) is 5.69 Å². The van der Waals surface area contributed by atoms with Crippen molar-refractivity contribution in [3.63, 3.8) is 0 Å². The van der Waals surface area contributed by atoms with Crippen LogP contribution in [0.1, 0.15) is 52.2 Å². The molecule has 0 atom stereocenters. The zero-order chi connectivity index (χ0) is 25.8. The van der Waals surface area contributed by atoms with E-state index >= 15 is 0 Å². The van der Waals surface area contributed by atoms with Crippen molar-refractivity contribution in [1.82, 2.24) is 9.78 Å². The smallest absolute Gasteiger partial charge is 0.434 e. The highest BCUT2D eigenvalue weighted by Crippen LogP contribution is 2.34. The first-order valence-corrected chi connectivity index (χ1v) is 10.7. The van der Waals surface area contributed by atoms with Crippen LogP contribution in [0.2, 0.25) is 0 Å². The number of amides is 2. The fraction of sp³-hybridized carbons (Fsp3) is 0.250. The van der Waals surface area contributed by atoms with Crippen LogP contribution in [0.5, 0.6) is 0 Å². The molecule has 8 nitrogen and oxygen atoms in total. The quantitative estimate of drug-likeness (QED) is 0.457. The van der Waals surface area contributed by atoms with E-state index in [-0.39, 0.29) is 23.8 Å². The molecule has 0 saturated heterocycles. The molecule has 0 bridgehead atoms. The Morgan fingerprint density at radius 3 is 2.31 bits per heavy atom. The summed E-state index contributed by atoms with van der Waals surface area (Å²) in [6, 6.07) is 10.3. The molecule has 0 saturated carbocycles. The van der Waals surface area contributed by atoms with E-state index in [9.17, 15) is 27.6 Å². The normalized spacial score (nSPS) is 11.1. The molecule has 0 radical (unpaired) electrons. The van der Waals surface area contributed by atoms with Gasteiger partial charge in [-0.05, 0) is 55.8 Å². The lowest BCUT2D eigenvalue weighted by Crippen LogP contribution is -2.18. The van der Waals surface area contributed by atoms with Gasteiger partial charge in [0.25, 0.3) is 5.91 Å². The Labute approximate surface area is 199 Å². The molecule has 2 amide bonds. The number of benzene rings is 2. The Morgan fingerprint density at radius 2 is 1.71 bits per heavy atom. The predicted octanol–water partition coefficient (Wildman–Crippen LogP) is 4.98. The van der Waals surface area contributed by atoms with Gasteiger partial charge in [-0.15, -0.1) is 0 Å². The van der Waals surface area contributed by atoms with Gasteiger partial charge in [-0.1, -0.05) is 13.0 Å². The molecule has 35 heavy (non-hydrogen) atoms. The van der Waals surface area contributed by atoms with E-state index in [4.69, 9.17) is 4.74 Å². The third-order valence-corrected chi connectivity index (χ3v) is 5.00. The molecule has 0 unspecified atom stereocenters. The number of anilines is 2. The van der Waals surface area contributed by atoms with E-state index < -0.39 is 29.3 Å². The Morgan fingerprint density at radius 1 is 1.03 bits per heavy atom. The maximum atomic E-state index is 13.7. The first-order valence-electron chi connectivity index (χ1n) is 10.7. The number of carbonyl (C=O) groups excluding carboxylic acids is 3. The Bertz CT molecular complexity index is 1250. The van der Waals surface area contributed by atoms with Gasteiger partial charge in [0.15, 0.2) is 5.69 Å². The zero-order valence-electron chi connectivity index (χ0n) is 19.2. The van der Waals surface area contributed by atoms with Crippen LogP contribution in [0.25, 0.3) is 5.69 Å². The highest BCUT2D eigenvalue weighted by molar-refractivity contribution is 6.05. The number of hydrogen-bond donors (Lipinski definition) is 2. The van der Waals surface area contributed by atoms with Gasteiger partial charge in [-0.25, -0.2) is 9.48 Å². The SMILES string of the molecule is CCOC(=O)c1cnn(-c2ccc(C(=O)Nc3cc(NC(=O)CC)ccc3C)cc2)c1C(F)(F)F. The molecule has 2 N–H and O–H groups in total. The molecule has 0 aliphatic rings. The van der Waals surface area contributed by atoms with Crippen LogP contribution < -0.4 is 10.6 Å². The molecular weight excluding hydrogens is 465 g/mol. The number of halogens is 3. The van der Waals surface area contributed by atoms with Crippen molar-refractivity contribution in [1.29, 1.82) is 0 Å². The zero-order valence-corrected chi connectivity index (χ0v) is 19.2. The minimum absolute atomic E-state index is 0.00452. The standard InChI is InChI=1S/C24H23F3N4O4/c1-4-20(32)29-16-9-6-14(3)19(12-16)30-22(33)15-7-10-17(11-8-15)31-21(24(25,26)27)18(13-28-31)23(34)35-5-2/h6-13H,4-5H2,1-3H3,(H,29,32)(H,30,33). The number of aryl methyl sites for hydroxylation is 1. The summed E-state index contributed by atoms with van der Waals surface area (Å²) < 4.78 is 46.4. The van der Waals surface area contributed by atoms with Crippen molar-refractivity contribution in [2.75, 3.05) is 17.2 Å². The van der Waals surface area contributed by atoms with E-state index in [1.54, 1.807) is 32.0 Å². The van der Waals surface area contributed by atoms with E-state index in [0.29, 0.717) is 22.5 Å². The molecule has 0 aliphatic heterocycles. The summed E-state index contributed by atoms with van der Waals surface area (Å²) in [6.07, 6.45) is -3.77. The van der Waals surface area contributed by atoms with E-state index in [0.717, 1.165) is 11.8 Å². The lowest BCUT2D eigenvalue weighted by Gasteiger charge is -2.13. The fourth-order valence-electron chi connectivity index (χ4n) is 3.21. The van der Waals surface area contributed by atoms with Gasteiger partial charge in [0.2, 0.25) is 5.91 Å². The summed E-state index contributed by atoms with van der Waals surface area (Å²) in [7, 11) is 0. The van der Waals surface area contributed by atoms with E-state index in [1.807, 2.05) is 0 Å². The molecule has 184 valence electrons. The third kappa shape index (κ3) is 5.86. The largest absolute Gasteiger partial charge is 0.462 e. The van der Waals surface area contributed by atoms with Crippen LogP contribution in [0.15, 0.2) is 48.7 Å². The minimum atomic E-state index is -4.87. The number of ether oxygens (including phenoxy) is 1. The fourth-order valence-corrected chi connectivity index (χ4v) is 3.21. The van der Waals surface area contributed by atoms with Gasteiger partial charge in [0.05, 0.1) is 18.5 Å². The lowest BCUT2D eigenvalue weighted by molar-refractivity contribution is -0.143. The van der Waals surface area contributed by atoms with Gasteiger partial charge in [0.1, 0.15) is 5.56 Å². The van der Waals surface area contributed by atoms with Crippen LogP contribution in [0.3, 0.4) is 0 Å². The Kier molecular flexibility index (Phi) is 7.58.